The molecule has 0 spiro atoms. The van der Waals surface area contributed by atoms with E-state index in [-0.39, 0.29) is 17.7 Å². The third kappa shape index (κ3) is 2.28. The van der Waals surface area contributed by atoms with Gasteiger partial charge in [0.15, 0.2) is 0 Å². The lowest BCUT2D eigenvalue weighted by Gasteiger charge is -2.04. The minimum atomic E-state index is -3.44. The smallest absolute Gasteiger partial charge is 0.303 e. The molecule has 0 amide bonds. The maximum atomic E-state index is 11.9. The molecule has 0 fully saturated rings. The Morgan fingerprint density at radius 1 is 1.35 bits per heavy atom. The van der Waals surface area contributed by atoms with E-state index in [0.29, 0.717) is 15.6 Å². The van der Waals surface area contributed by atoms with E-state index in [2.05, 4.69) is 15.9 Å². The van der Waals surface area contributed by atoms with E-state index in [1.165, 1.54) is 0 Å². The number of carboxylic acids is 1. The third-order valence-corrected chi connectivity index (χ3v) is 5.03. The number of hydrogen-bond donors (Lipinski definition) is 1. The van der Waals surface area contributed by atoms with Crippen LogP contribution in [0.1, 0.15) is 18.4 Å². The highest BCUT2D eigenvalue weighted by Crippen LogP contribution is 2.39. The van der Waals surface area contributed by atoms with Gasteiger partial charge in [-0.2, -0.15) is 0 Å². The molecule has 0 aliphatic carbocycles. The van der Waals surface area contributed by atoms with Gasteiger partial charge in [-0.05, 0) is 39.6 Å². The van der Waals surface area contributed by atoms with Crippen molar-refractivity contribution in [3.63, 3.8) is 0 Å². The lowest BCUT2D eigenvalue weighted by molar-refractivity contribution is -0.136. The molecule has 1 aromatic rings. The molecule has 90 valence electrons. The Kier molecular flexibility index (Phi) is 3.09. The van der Waals surface area contributed by atoms with Gasteiger partial charge in [0.1, 0.15) is 0 Å². The van der Waals surface area contributed by atoms with Gasteiger partial charge in [0.05, 0.1) is 4.90 Å². The molecule has 0 saturated carbocycles. The van der Waals surface area contributed by atoms with Crippen molar-refractivity contribution in [2.45, 2.75) is 17.7 Å². The summed E-state index contributed by atoms with van der Waals surface area (Å²) in [6, 6.07) is 5.08. The number of hydrogen-bond acceptors (Lipinski definition) is 3. The first-order chi connectivity index (χ1) is 7.92. The predicted molar refractivity (Wildman–Crippen MR) is 66.2 cm³/mol. The van der Waals surface area contributed by atoms with E-state index >= 15 is 0 Å². The topological polar surface area (TPSA) is 71.4 Å². The molecule has 17 heavy (non-hydrogen) atoms. The zero-order valence-corrected chi connectivity index (χ0v) is 11.1. The van der Waals surface area contributed by atoms with Crippen LogP contribution in [-0.4, -0.2) is 19.5 Å². The normalized spacial score (nSPS) is 16.4. The summed E-state index contributed by atoms with van der Waals surface area (Å²) in [5, 5.41) is 9.78. The van der Waals surface area contributed by atoms with Gasteiger partial charge in [-0.15, -0.1) is 0 Å². The average Bonchev–Trinajstić information content (AvgIpc) is 2.49. The molecule has 1 aliphatic rings. The second-order valence-electron chi connectivity index (χ2n) is 3.70. The fraction of sp³-hybridized carbons (Fsp3) is 0.182. The van der Waals surface area contributed by atoms with Crippen molar-refractivity contribution in [1.29, 1.82) is 0 Å². The quantitative estimate of drug-likeness (QED) is 0.929. The van der Waals surface area contributed by atoms with Crippen LogP contribution < -0.4 is 0 Å². The van der Waals surface area contributed by atoms with Crippen LogP contribution in [0, 0.1) is 0 Å². The van der Waals surface area contributed by atoms with E-state index in [1.54, 1.807) is 18.2 Å². The number of halogens is 1. The number of allylic oxidation sites excluding steroid dienone is 1. The minimum Gasteiger partial charge on any atom is -0.481 e. The van der Waals surface area contributed by atoms with Crippen molar-refractivity contribution >= 4 is 37.3 Å². The van der Waals surface area contributed by atoms with Crippen molar-refractivity contribution in [2.75, 3.05) is 0 Å². The number of benzene rings is 1. The molecule has 4 nitrogen and oxygen atoms in total. The Morgan fingerprint density at radius 3 is 2.71 bits per heavy atom. The first-order valence-electron chi connectivity index (χ1n) is 4.88. The van der Waals surface area contributed by atoms with Gasteiger partial charge in [0.2, 0.25) is 9.84 Å². The molecule has 1 heterocycles. The van der Waals surface area contributed by atoms with Crippen LogP contribution >= 0.6 is 15.9 Å². The Hall–Kier alpha value is -1.14. The average molecular weight is 317 g/mol. The maximum absolute atomic E-state index is 11.9. The first-order valence-corrected chi connectivity index (χ1v) is 7.22. The van der Waals surface area contributed by atoms with Gasteiger partial charge in [-0.1, -0.05) is 12.1 Å². The molecule has 0 atom stereocenters. The summed E-state index contributed by atoms with van der Waals surface area (Å²) in [5.74, 6) is -0.938. The van der Waals surface area contributed by atoms with Crippen LogP contribution in [0.25, 0.3) is 5.57 Å². The summed E-state index contributed by atoms with van der Waals surface area (Å²) >= 11 is 3.20. The fourth-order valence-corrected chi connectivity index (χ4v) is 4.42. The first kappa shape index (κ1) is 12.3. The predicted octanol–water partition coefficient (Wildman–Crippen LogP) is 2.44. The van der Waals surface area contributed by atoms with Gasteiger partial charge < -0.3 is 5.11 Å². The zero-order valence-electron chi connectivity index (χ0n) is 8.68. The van der Waals surface area contributed by atoms with Gasteiger partial charge in [-0.3, -0.25) is 4.79 Å². The highest BCUT2D eigenvalue weighted by atomic mass is 79.9. The van der Waals surface area contributed by atoms with Crippen molar-refractivity contribution < 1.29 is 18.3 Å². The molecule has 0 saturated heterocycles. The van der Waals surface area contributed by atoms with Gasteiger partial charge in [-0.25, -0.2) is 8.42 Å². The summed E-state index contributed by atoms with van der Waals surface area (Å²) < 4.78 is 24.3. The number of aliphatic carboxylic acids is 1. The van der Waals surface area contributed by atoms with Crippen LogP contribution in [0.2, 0.25) is 0 Å². The molecule has 6 heteroatoms. The minimum absolute atomic E-state index is 0.0761. The van der Waals surface area contributed by atoms with E-state index in [1.807, 2.05) is 0 Å². The molecule has 2 rings (SSSR count). The third-order valence-electron chi connectivity index (χ3n) is 2.50. The van der Waals surface area contributed by atoms with E-state index in [0.717, 1.165) is 5.41 Å². The Bertz CT molecular complexity index is 616. The molecule has 0 radical (unpaired) electrons. The second-order valence-corrected chi connectivity index (χ2v) is 6.29. The molecule has 1 aromatic carbocycles. The number of carbonyl (C=O) groups is 1. The SMILES string of the molecule is O=C(O)CCC1=CS(=O)(=O)c2c(Br)cccc21. The number of rotatable bonds is 3. The van der Waals surface area contributed by atoms with Gasteiger partial charge in [0.25, 0.3) is 0 Å². The monoisotopic (exact) mass is 316 g/mol. The molecule has 0 bridgehead atoms. The molecule has 0 unspecified atom stereocenters. The van der Waals surface area contributed by atoms with Crippen LogP contribution in [0.4, 0.5) is 0 Å². The Morgan fingerprint density at radius 2 is 2.06 bits per heavy atom. The van der Waals surface area contributed by atoms with Crippen molar-refractivity contribution in [3.05, 3.63) is 33.6 Å². The summed E-state index contributed by atoms with van der Waals surface area (Å²) in [7, 11) is -3.44. The number of carboxylic acid groups (broad SMARTS) is 1. The fourth-order valence-electron chi connectivity index (χ4n) is 1.80. The Labute approximate surface area is 107 Å². The highest BCUT2D eigenvalue weighted by Gasteiger charge is 2.28. The molecular formula is C11H9BrO4S. The Balaban J connectivity index is 2.47. The molecule has 1 aliphatic heterocycles. The summed E-state index contributed by atoms with van der Waals surface area (Å²) in [6.45, 7) is 0. The summed E-state index contributed by atoms with van der Waals surface area (Å²) in [5.41, 5.74) is 1.16. The van der Waals surface area contributed by atoms with Crippen LogP contribution in [0.15, 0.2) is 33.0 Å². The van der Waals surface area contributed by atoms with Crippen molar-refractivity contribution in [3.8, 4) is 0 Å². The van der Waals surface area contributed by atoms with Crippen molar-refractivity contribution in [1.82, 2.24) is 0 Å². The van der Waals surface area contributed by atoms with E-state index in [4.69, 9.17) is 5.11 Å². The van der Waals surface area contributed by atoms with E-state index in [9.17, 15) is 13.2 Å². The number of sulfone groups is 1. The summed E-state index contributed by atoms with van der Waals surface area (Å²) in [6.07, 6.45) is 0.144. The molecular weight excluding hydrogens is 308 g/mol. The second kappa shape index (κ2) is 4.27. The lowest BCUT2D eigenvalue weighted by atomic mass is 10.0. The zero-order chi connectivity index (χ0) is 12.6. The van der Waals surface area contributed by atoms with E-state index < -0.39 is 15.8 Å². The highest BCUT2D eigenvalue weighted by molar-refractivity contribution is 9.10. The maximum Gasteiger partial charge on any atom is 0.303 e. The van der Waals surface area contributed by atoms with Crippen molar-refractivity contribution in [2.24, 2.45) is 0 Å². The molecule has 1 N–H and O–H groups in total. The molecule has 0 aromatic heterocycles. The lowest BCUT2D eigenvalue weighted by Crippen LogP contribution is -1.95. The standard InChI is InChI=1S/C11H9BrO4S/c12-9-3-1-2-8-7(4-5-10(13)14)6-17(15,16)11(8)9/h1-3,6H,4-5H2,(H,13,14). The van der Waals surface area contributed by atoms with Crippen LogP contribution in [-0.2, 0) is 14.6 Å². The van der Waals surface area contributed by atoms with Crippen LogP contribution in [0.3, 0.4) is 0 Å². The summed E-state index contributed by atoms with van der Waals surface area (Å²) in [4.78, 5) is 10.7. The van der Waals surface area contributed by atoms with Gasteiger partial charge in [0, 0.05) is 16.3 Å². The van der Waals surface area contributed by atoms with Crippen LogP contribution in [0.5, 0.6) is 0 Å². The van der Waals surface area contributed by atoms with Gasteiger partial charge >= 0.3 is 5.97 Å². The largest absolute Gasteiger partial charge is 0.481 e. The number of fused-ring (bicyclic) bond motifs is 1.